The highest BCUT2D eigenvalue weighted by Crippen LogP contribution is 2.29. The maximum Gasteiger partial charge on any atom is 0.212 e. The van der Waals surface area contributed by atoms with E-state index in [1.165, 1.54) is 11.1 Å². The highest BCUT2D eigenvalue weighted by molar-refractivity contribution is 7.98. The Kier molecular flexibility index (Phi) is 8.22. The van der Waals surface area contributed by atoms with Crippen LogP contribution < -0.4 is 9.47 Å². The summed E-state index contributed by atoms with van der Waals surface area (Å²) in [6.07, 6.45) is 3.35. The first kappa shape index (κ1) is 23.9. The molecular formula is C26H25ClN4O2S. The molecule has 0 radical (unpaired) electrons. The minimum absolute atomic E-state index is 0.424. The Morgan fingerprint density at radius 3 is 2.50 bits per heavy atom. The fraction of sp³-hybridized carbons (Fsp3) is 0.192. The largest absolute Gasteiger partial charge is 0.490 e. The molecule has 174 valence electrons. The van der Waals surface area contributed by atoms with Gasteiger partial charge >= 0.3 is 0 Å². The third kappa shape index (κ3) is 6.62. The lowest BCUT2D eigenvalue weighted by Crippen LogP contribution is -2.00. The smallest absolute Gasteiger partial charge is 0.212 e. The summed E-state index contributed by atoms with van der Waals surface area (Å²) in [6.45, 7) is 4.98. The van der Waals surface area contributed by atoms with Crippen LogP contribution in [0.3, 0.4) is 0 Å². The van der Waals surface area contributed by atoms with Crippen molar-refractivity contribution in [2.24, 2.45) is 5.10 Å². The third-order valence-corrected chi connectivity index (χ3v) is 6.15. The SMILES string of the molecule is CCOc1cc(/C=N/n2cnnc2SCc2ccc(C)cc2)ccc1OCc1ccc(Cl)cc1. The number of thioether (sulfide) groups is 1. The average Bonchev–Trinajstić information content (AvgIpc) is 3.30. The van der Waals surface area contributed by atoms with E-state index >= 15 is 0 Å². The van der Waals surface area contributed by atoms with E-state index in [-0.39, 0.29) is 0 Å². The van der Waals surface area contributed by atoms with E-state index in [0.717, 1.165) is 22.0 Å². The topological polar surface area (TPSA) is 61.5 Å². The normalized spacial score (nSPS) is 11.1. The second kappa shape index (κ2) is 11.7. The van der Waals surface area contributed by atoms with E-state index in [1.807, 2.05) is 49.4 Å². The zero-order valence-corrected chi connectivity index (χ0v) is 20.6. The highest BCUT2D eigenvalue weighted by atomic mass is 35.5. The van der Waals surface area contributed by atoms with Gasteiger partial charge in [0.2, 0.25) is 5.16 Å². The second-order valence-corrected chi connectivity index (χ2v) is 8.91. The van der Waals surface area contributed by atoms with Crippen LogP contribution >= 0.6 is 23.4 Å². The zero-order valence-electron chi connectivity index (χ0n) is 19.0. The van der Waals surface area contributed by atoms with Crippen molar-refractivity contribution in [3.05, 3.63) is 100 Å². The second-order valence-electron chi connectivity index (χ2n) is 7.53. The van der Waals surface area contributed by atoms with Crippen molar-refractivity contribution in [2.75, 3.05) is 6.61 Å². The van der Waals surface area contributed by atoms with Crippen molar-refractivity contribution < 1.29 is 9.47 Å². The van der Waals surface area contributed by atoms with Gasteiger partial charge in [-0.2, -0.15) is 9.78 Å². The molecule has 0 saturated carbocycles. The van der Waals surface area contributed by atoms with Gasteiger partial charge in [0.15, 0.2) is 11.5 Å². The Bertz CT molecular complexity index is 1240. The Labute approximate surface area is 208 Å². The first-order chi connectivity index (χ1) is 16.6. The van der Waals surface area contributed by atoms with Crippen LogP contribution in [-0.4, -0.2) is 27.7 Å². The van der Waals surface area contributed by atoms with Crippen LogP contribution in [-0.2, 0) is 12.4 Å². The van der Waals surface area contributed by atoms with Gasteiger partial charge in [-0.1, -0.05) is 65.3 Å². The number of aryl methyl sites for hydroxylation is 1. The number of hydrogen-bond donors (Lipinski definition) is 0. The first-order valence-electron chi connectivity index (χ1n) is 10.9. The summed E-state index contributed by atoms with van der Waals surface area (Å²) in [7, 11) is 0. The minimum Gasteiger partial charge on any atom is -0.490 e. The molecule has 4 aromatic rings. The minimum atomic E-state index is 0.424. The van der Waals surface area contributed by atoms with Crippen LogP contribution in [0.1, 0.15) is 29.2 Å². The van der Waals surface area contributed by atoms with Gasteiger partial charge in [0.25, 0.3) is 0 Å². The summed E-state index contributed by atoms with van der Waals surface area (Å²) in [5.41, 5.74) is 4.38. The molecular weight excluding hydrogens is 468 g/mol. The highest BCUT2D eigenvalue weighted by Gasteiger charge is 2.08. The molecule has 34 heavy (non-hydrogen) atoms. The molecule has 6 nitrogen and oxygen atoms in total. The van der Waals surface area contributed by atoms with Crippen LogP contribution in [0.4, 0.5) is 0 Å². The number of hydrogen-bond acceptors (Lipinski definition) is 6. The van der Waals surface area contributed by atoms with E-state index in [2.05, 4.69) is 46.5 Å². The maximum absolute atomic E-state index is 5.98. The molecule has 1 aromatic heterocycles. The zero-order chi connectivity index (χ0) is 23.8. The van der Waals surface area contributed by atoms with E-state index in [1.54, 1.807) is 29.0 Å². The summed E-state index contributed by atoms with van der Waals surface area (Å²) in [5.74, 6) is 2.13. The molecule has 0 fully saturated rings. The lowest BCUT2D eigenvalue weighted by Gasteiger charge is -2.12. The van der Waals surface area contributed by atoms with E-state index in [4.69, 9.17) is 21.1 Å². The molecule has 4 rings (SSSR count). The van der Waals surface area contributed by atoms with Crippen molar-refractivity contribution in [2.45, 2.75) is 31.4 Å². The Morgan fingerprint density at radius 2 is 1.74 bits per heavy atom. The summed E-state index contributed by atoms with van der Waals surface area (Å²) in [6, 6.07) is 21.8. The number of benzene rings is 3. The van der Waals surface area contributed by atoms with Crippen molar-refractivity contribution >= 4 is 29.6 Å². The predicted octanol–water partition coefficient (Wildman–Crippen LogP) is 6.39. The molecule has 0 atom stereocenters. The van der Waals surface area contributed by atoms with Crippen LogP contribution in [0.2, 0.25) is 5.02 Å². The summed E-state index contributed by atoms with van der Waals surface area (Å²) in [5, 5.41) is 14.2. The maximum atomic E-state index is 5.98. The van der Waals surface area contributed by atoms with Crippen molar-refractivity contribution in [1.29, 1.82) is 0 Å². The van der Waals surface area contributed by atoms with E-state index in [9.17, 15) is 0 Å². The lowest BCUT2D eigenvalue weighted by atomic mass is 10.2. The fourth-order valence-corrected chi connectivity index (χ4v) is 4.03. The van der Waals surface area contributed by atoms with Crippen molar-refractivity contribution in [1.82, 2.24) is 14.9 Å². The van der Waals surface area contributed by atoms with Gasteiger partial charge < -0.3 is 9.47 Å². The molecule has 8 heteroatoms. The van der Waals surface area contributed by atoms with Crippen molar-refractivity contribution in [3.63, 3.8) is 0 Å². The van der Waals surface area contributed by atoms with E-state index in [0.29, 0.717) is 29.7 Å². The Morgan fingerprint density at radius 1 is 0.971 bits per heavy atom. The molecule has 0 aliphatic carbocycles. The van der Waals surface area contributed by atoms with E-state index < -0.39 is 0 Å². The molecule has 0 saturated heterocycles. The van der Waals surface area contributed by atoms with Gasteiger partial charge in [-0.15, -0.1) is 10.2 Å². The van der Waals surface area contributed by atoms with Crippen LogP contribution in [0.15, 0.2) is 83.3 Å². The number of rotatable bonds is 10. The standard InChI is InChI=1S/C26H25ClN4O2S/c1-3-32-25-14-22(10-13-24(25)33-16-20-8-11-23(27)12-9-20)15-29-31-18-28-30-26(31)34-17-21-6-4-19(2)5-7-21/h4-15,18H,3,16-17H2,1-2H3/b29-15+. The van der Waals surface area contributed by atoms with Gasteiger partial charge in [0.1, 0.15) is 12.9 Å². The number of aromatic nitrogens is 3. The van der Waals surface area contributed by atoms with Crippen LogP contribution in [0, 0.1) is 6.92 Å². The van der Waals surface area contributed by atoms with Gasteiger partial charge in [-0.25, -0.2) is 0 Å². The summed E-state index contributed by atoms with van der Waals surface area (Å²) in [4.78, 5) is 0. The summed E-state index contributed by atoms with van der Waals surface area (Å²) < 4.78 is 13.4. The molecule has 0 spiro atoms. The molecule has 0 N–H and O–H groups in total. The number of nitrogens with zero attached hydrogens (tertiary/aromatic N) is 4. The van der Waals surface area contributed by atoms with Gasteiger partial charge in [0, 0.05) is 10.8 Å². The average molecular weight is 493 g/mol. The van der Waals surface area contributed by atoms with Crippen LogP contribution in [0.5, 0.6) is 11.5 Å². The monoisotopic (exact) mass is 492 g/mol. The summed E-state index contributed by atoms with van der Waals surface area (Å²) >= 11 is 7.55. The fourth-order valence-electron chi connectivity index (χ4n) is 3.09. The number of ether oxygens (including phenoxy) is 2. The Balaban J connectivity index is 1.42. The molecule has 0 unspecified atom stereocenters. The molecule has 3 aromatic carbocycles. The van der Waals surface area contributed by atoms with Gasteiger partial charge in [-0.3, -0.25) is 0 Å². The van der Waals surface area contributed by atoms with Gasteiger partial charge in [-0.05, 0) is 60.9 Å². The molecule has 0 amide bonds. The Hall–Kier alpha value is -3.29. The number of halogens is 1. The van der Waals surface area contributed by atoms with Gasteiger partial charge in [0.05, 0.1) is 12.8 Å². The molecule has 0 aliphatic rings. The quantitative estimate of drug-likeness (QED) is 0.189. The van der Waals surface area contributed by atoms with Crippen LogP contribution in [0.25, 0.3) is 0 Å². The first-order valence-corrected chi connectivity index (χ1v) is 12.2. The lowest BCUT2D eigenvalue weighted by molar-refractivity contribution is 0.269. The van der Waals surface area contributed by atoms with Crippen molar-refractivity contribution in [3.8, 4) is 11.5 Å². The predicted molar refractivity (Wildman–Crippen MR) is 137 cm³/mol. The third-order valence-electron chi connectivity index (χ3n) is 4.90. The molecule has 0 aliphatic heterocycles. The molecule has 0 bridgehead atoms. The molecule has 1 heterocycles.